The predicted octanol–water partition coefficient (Wildman–Crippen LogP) is 1.22. The number of nitrogens with zero attached hydrogens (tertiary/aromatic N) is 4. The van der Waals surface area contributed by atoms with Gasteiger partial charge < -0.3 is 20.1 Å². The number of terminal acetylenes is 1. The van der Waals surface area contributed by atoms with Crippen molar-refractivity contribution in [1.82, 2.24) is 19.3 Å². The fourth-order valence-electron chi connectivity index (χ4n) is 2.44. The Hall–Kier alpha value is -2.31. The molecule has 1 aliphatic heterocycles. The van der Waals surface area contributed by atoms with Gasteiger partial charge in [-0.1, -0.05) is 5.92 Å². The maximum Gasteiger partial charge on any atom is 0.410 e. The maximum absolute atomic E-state index is 11.9. The molecule has 0 spiro atoms. The number of imidazole rings is 1. The van der Waals surface area contributed by atoms with E-state index in [2.05, 4.69) is 31.8 Å². The number of rotatable bonds is 2. The van der Waals surface area contributed by atoms with Crippen LogP contribution in [0.2, 0.25) is 0 Å². The van der Waals surface area contributed by atoms with E-state index in [0.29, 0.717) is 41.5 Å². The number of anilines is 1. The zero-order valence-electron chi connectivity index (χ0n) is 12.1. The van der Waals surface area contributed by atoms with Crippen LogP contribution in [0, 0.1) is 12.3 Å². The molecule has 0 saturated carbocycles. The molecule has 120 valence electrons. The highest BCUT2D eigenvalue weighted by molar-refractivity contribution is 9.10. The summed E-state index contributed by atoms with van der Waals surface area (Å²) >= 11 is 3.38. The second-order valence-corrected chi connectivity index (χ2v) is 5.61. The van der Waals surface area contributed by atoms with E-state index in [1.807, 2.05) is 0 Å². The number of morpholine rings is 1. The van der Waals surface area contributed by atoms with E-state index in [1.165, 1.54) is 0 Å². The summed E-state index contributed by atoms with van der Waals surface area (Å²) in [4.78, 5) is 22.0. The SMILES string of the molecule is C#CCOC(=O)N1CCO[C@@H](c2nc(Br)c3c(N)nccn23)C1. The smallest absolute Gasteiger partial charge is 0.410 e. The molecule has 0 radical (unpaired) electrons. The van der Waals surface area contributed by atoms with Crippen LogP contribution in [0.15, 0.2) is 17.0 Å². The first kappa shape index (κ1) is 15.6. The Bertz CT molecular complexity index is 785. The number of aromatic nitrogens is 3. The summed E-state index contributed by atoms with van der Waals surface area (Å²) in [6, 6.07) is 0. The van der Waals surface area contributed by atoms with E-state index in [1.54, 1.807) is 21.7 Å². The van der Waals surface area contributed by atoms with Gasteiger partial charge in [0.2, 0.25) is 0 Å². The van der Waals surface area contributed by atoms with Gasteiger partial charge >= 0.3 is 6.09 Å². The van der Waals surface area contributed by atoms with Crippen molar-refractivity contribution >= 4 is 33.4 Å². The van der Waals surface area contributed by atoms with Crippen molar-refractivity contribution in [2.24, 2.45) is 0 Å². The summed E-state index contributed by atoms with van der Waals surface area (Å²) in [5.41, 5.74) is 6.55. The van der Waals surface area contributed by atoms with E-state index in [4.69, 9.17) is 21.6 Å². The minimum absolute atomic E-state index is 0.0546. The number of carbonyl (C=O) groups is 1. The van der Waals surface area contributed by atoms with Gasteiger partial charge in [-0.15, -0.1) is 6.42 Å². The van der Waals surface area contributed by atoms with Crippen molar-refractivity contribution in [3.05, 3.63) is 22.8 Å². The number of hydrogen-bond acceptors (Lipinski definition) is 6. The standard InChI is InChI=1S/C14H14BrN5O3/c1-2-6-23-14(21)19-5-7-22-9(8-19)13-18-11(15)10-12(16)17-3-4-20(10)13/h1,3-4,9H,5-8H2,(H2,16,17)/t9-/m1/s1. The lowest BCUT2D eigenvalue weighted by atomic mass is 10.2. The van der Waals surface area contributed by atoms with E-state index >= 15 is 0 Å². The monoisotopic (exact) mass is 379 g/mol. The van der Waals surface area contributed by atoms with Gasteiger partial charge in [0.15, 0.2) is 12.4 Å². The average molecular weight is 380 g/mol. The molecule has 0 bridgehead atoms. The topological polar surface area (TPSA) is 95.0 Å². The molecule has 1 atom stereocenters. The lowest BCUT2D eigenvalue weighted by Gasteiger charge is -2.31. The van der Waals surface area contributed by atoms with Gasteiger partial charge in [0.25, 0.3) is 0 Å². The fraction of sp³-hybridized carbons (Fsp3) is 0.357. The second kappa shape index (κ2) is 6.44. The highest BCUT2D eigenvalue weighted by Gasteiger charge is 2.30. The number of nitrogens with two attached hydrogens (primary N) is 1. The van der Waals surface area contributed by atoms with Crippen LogP contribution in [0.5, 0.6) is 0 Å². The molecule has 1 amide bonds. The average Bonchev–Trinajstić information content (AvgIpc) is 2.91. The molecule has 1 saturated heterocycles. The van der Waals surface area contributed by atoms with Crippen LogP contribution in [-0.2, 0) is 9.47 Å². The first-order valence-corrected chi connectivity index (χ1v) is 7.65. The van der Waals surface area contributed by atoms with Gasteiger partial charge in [0, 0.05) is 18.9 Å². The van der Waals surface area contributed by atoms with Crippen LogP contribution in [0.3, 0.4) is 0 Å². The van der Waals surface area contributed by atoms with Crippen molar-refractivity contribution in [3.8, 4) is 12.3 Å². The summed E-state index contributed by atoms with van der Waals surface area (Å²) in [5.74, 6) is 3.26. The van der Waals surface area contributed by atoms with Gasteiger partial charge in [0.1, 0.15) is 22.0 Å². The van der Waals surface area contributed by atoms with E-state index in [0.717, 1.165) is 0 Å². The van der Waals surface area contributed by atoms with Gasteiger partial charge in [-0.3, -0.25) is 4.40 Å². The number of ether oxygens (including phenoxy) is 2. The van der Waals surface area contributed by atoms with Crippen LogP contribution < -0.4 is 5.73 Å². The second-order valence-electron chi connectivity index (χ2n) is 4.86. The third kappa shape index (κ3) is 2.95. The normalized spacial score (nSPS) is 17.9. The largest absolute Gasteiger partial charge is 0.436 e. The summed E-state index contributed by atoms with van der Waals surface area (Å²) in [6.07, 6.45) is 7.57. The molecule has 2 aromatic heterocycles. The molecule has 2 N–H and O–H groups in total. The summed E-state index contributed by atoms with van der Waals surface area (Å²) in [5, 5.41) is 0. The maximum atomic E-state index is 11.9. The minimum Gasteiger partial charge on any atom is -0.436 e. The molecule has 3 rings (SSSR count). The zero-order valence-corrected chi connectivity index (χ0v) is 13.7. The van der Waals surface area contributed by atoms with Crippen molar-refractivity contribution in [1.29, 1.82) is 0 Å². The Kier molecular flexibility index (Phi) is 4.36. The number of nitrogen functional groups attached to an aromatic ring is 1. The third-order valence-electron chi connectivity index (χ3n) is 3.46. The molecule has 9 heteroatoms. The highest BCUT2D eigenvalue weighted by atomic mass is 79.9. The van der Waals surface area contributed by atoms with Crippen LogP contribution >= 0.6 is 15.9 Å². The van der Waals surface area contributed by atoms with E-state index in [-0.39, 0.29) is 6.61 Å². The predicted molar refractivity (Wildman–Crippen MR) is 85.5 cm³/mol. The van der Waals surface area contributed by atoms with Gasteiger partial charge in [-0.25, -0.2) is 14.8 Å². The zero-order chi connectivity index (χ0) is 16.4. The first-order valence-electron chi connectivity index (χ1n) is 6.86. The van der Waals surface area contributed by atoms with Crippen LogP contribution in [0.25, 0.3) is 5.52 Å². The van der Waals surface area contributed by atoms with Gasteiger partial charge in [0.05, 0.1) is 13.2 Å². The Balaban J connectivity index is 1.86. The van der Waals surface area contributed by atoms with Crippen molar-refractivity contribution in [3.63, 3.8) is 0 Å². The number of halogens is 1. The molecule has 0 unspecified atom stereocenters. The molecule has 2 aromatic rings. The Morgan fingerprint density at radius 2 is 2.48 bits per heavy atom. The molecule has 23 heavy (non-hydrogen) atoms. The molecule has 0 aliphatic carbocycles. The van der Waals surface area contributed by atoms with Gasteiger partial charge in [-0.05, 0) is 15.9 Å². The third-order valence-corrected chi connectivity index (χ3v) is 4.01. The lowest BCUT2D eigenvalue weighted by Crippen LogP contribution is -2.43. The minimum atomic E-state index is -0.461. The number of amides is 1. The van der Waals surface area contributed by atoms with Crippen molar-refractivity contribution < 1.29 is 14.3 Å². The number of carbonyl (C=O) groups excluding carboxylic acids is 1. The summed E-state index contributed by atoms with van der Waals surface area (Å²) < 4.78 is 13.1. The van der Waals surface area contributed by atoms with Crippen LogP contribution in [0.4, 0.5) is 10.6 Å². The fourth-order valence-corrected chi connectivity index (χ4v) is 3.01. The molecule has 3 heterocycles. The molecule has 1 aliphatic rings. The number of fused-ring (bicyclic) bond motifs is 1. The van der Waals surface area contributed by atoms with Crippen LogP contribution in [-0.4, -0.2) is 51.7 Å². The Labute approximate surface area is 140 Å². The van der Waals surface area contributed by atoms with Crippen molar-refractivity contribution in [2.75, 3.05) is 32.0 Å². The molecular formula is C14H14BrN5O3. The quantitative estimate of drug-likeness (QED) is 0.788. The van der Waals surface area contributed by atoms with E-state index in [9.17, 15) is 4.79 Å². The number of hydrogen-bond donors (Lipinski definition) is 1. The summed E-state index contributed by atoms with van der Waals surface area (Å²) in [7, 11) is 0. The van der Waals surface area contributed by atoms with E-state index < -0.39 is 12.2 Å². The lowest BCUT2D eigenvalue weighted by molar-refractivity contribution is -0.0313. The summed E-state index contributed by atoms with van der Waals surface area (Å²) in [6.45, 7) is 1.08. The van der Waals surface area contributed by atoms with Crippen molar-refractivity contribution in [2.45, 2.75) is 6.10 Å². The molecule has 8 nitrogen and oxygen atoms in total. The highest BCUT2D eigenvalue weighted by Crippen LogP contribution is 2.29. The van der Waals surface area contributed by atoms with Crippen LogP contribution in [0.1, 0.15) is 11.9 Å². The molecule has 0 aromatic carbocycles. The Morgan fingerprint density at radius 3 is 3.26 bits per heavy atom. The first-order chi connectivity index (χ1) is 11.1. The molecular weight excluding hydrogens is 366 g/mol. The Morgan fingerprint density at radius 1 is 1.65 bits per heavy atom. The van der Waals surface area contributed by atoms with Gasteiger partial charge in [-0.2, -0.15) is 0 Å². The molecule has 1 fully saturated rings.